The van der Waals surface area contributed by atoms with Crippen LogP contribution in [0, 0.1) is 0 Å². The third-order valence-electron chi connectivity index (χ3n) is 6.51. The number of methoxy groups -OCH3 is 1. The van der Waals surface area contributed by atoms with E-state index in [1.807, 2.05) is 47.9 Å². The molecule has 4 rings (SSSR count). The SMILES string of the molecule is CCOC(=O)c1c(-c2ccc(C(C)(C)C)cc2)c2cc(CCO)ccc2n1Cc1cccc(OC)c1. The number of nitrogens with zero attached hydrogens (tertiary/aromatic N) is 1. The van der Waals surface area contributed by atoms with Gasteiger partial charge in [-0.1, -0.05) is 63.2 Å². The molecule has 1 N–H and O–H groups in total. The van der Waals surface area contributed by atoms with E-state index in [-0.39, 0.29) is 24.6 Å². The monoisotopic (exact) mass is 485 g/mol. The number of hydrogen-bond acceptors (Lipinski definition) is 4. The number of carbonyl (C=O) groups excluding carboxylic acids is 1. The first kappa shape index (κ1) is 25.5. The van der Waals surface area contributed by atoms with Crippen LogP contribution in [0.4, 0.5) is 0 Å². The third kappa shape index (κ3) is 5.17. The van der Waals surface area contributed by atoms with Gasteiger partial charge in [0.25, 0.3) is 0 Å². The number of aliphatic hydroxyl groups excluding tert-OH is 1. The molecule has 5 nitrogen and oxygen atoms in total. The van der Waals surface area contributed by atoms with Crippen molar-refractivity contribution < 1.29 is 19.4 Å². The fourth-order valence-corrected chi connectivity index (χ4v) is 4.64. The Morgan fingerprint density at radius 1 is 0.972 bits per heavy atom. The number of aliphatic hydroxyl groups is 1. The van der Waals surface area contributed by atoms with Crippen LogP contribution in [0.1, 0.15) is 54.9 Å². The highest BCUT2D eigenvalue weighted by atomic mass is 16.5. The van der Waals surface area contributed by atoms with Crippen LogP contribution in [0.25, 0.3) is 22.0 Å². The Morgan fingerprint density at radius 2 is 1.72 bits per heavy atom. The van der Waals surface area contributed by atoms with Gasteiger partial charge in [0.05, 0.1) is 13.7 Å². The van der Waals surface area contributed by atoms with Gasteiger partial charge in [0.1, 0.15) is 11.4 Å². The topological polar surface area (TPSA) is 60.7 Å². The van der Waals surface area contributed by atoms with Crippen molar-refractivity contribution in [1.29, 1.82) is 0 Å². The van der Waals surface area contributed by atoms with Gasteiger partial charge in [-0.05, 0) is 65.3 Å². The van der Waals surface area contributed by atoms with Crippen LogP contribution in [-0.4, -0.2) is 36.0 Å². The average Bonchev–Trinajstić information content (AvgIpc) is 3.17. The van der Waals surface area contributed by atoms with Crippen LogP contribution in [0.3, 0.4) is 0 Å². The molecule has 0 unspecified atom stereocenters. The Balaban J connectivity index is 1.99. The first-order chi connectivity index (χ1) is 17.3. The maximum Gasteiger partial charge on any atom is 0.355 e. The van der Waals surface area contributed by atoms with Gasteiger partial charge in [0.15, 0.2) is 0 Å². The van der Waals surface area contributed by atoms with Gasteiger partial charge in [-0.25, -0.2) is 4.79 Å². The van der Waals surface area contributed by atoms with Crippen molar-refractivity contribution in [1.82, 2.24) is 4.57 Å². The van der Waals surface area contributed by atoms with E-state index in [1.54, 1.807) is 7.11 Å². The lowest BCUT2D eigenvalue weighted by Gasteiger charge is -2.19. The molecule has 0 aliphatic rings. The highest BCUT2D eigenvalue weighted by Gasteiger charge is 2.26. The maximum absolute atomic E-state index is 13.5. The number of aromatic nitrogens is 1. The molecule has 0 radical (unpaired) electrons. The fourth-order valence-electron chi connectivity index (χ4n) is 4.64. The van der Waals surface area contributed by atoms with E-state index in [1.165, 1.54) is 5.56 Å². The standard InChI is InChI=1S/C31H35NO4/c1-6-36-30(34)29-28(23-11-13-24(14-12-23)31(2,3)4)26-19-21(16-17-33)10-15-27(26)32(29)20-22-8-7-9-25(18-22)35-5/h7-15,18-19,33H,6,16-17,20H2,1-5H3. The lowest BCUT2D eigenvalue weighted by Crippen LogP contribution is -2.14. The Kier molecular flexibility index (Phi) is 7.51. The summed E-state index contributed by atoms with van der Waals surface area (Å²) in [6, 6.07) is 22.5. The summed E-state index contributed by atoms with van der Waals surface area (Å²) < 4.78 is 13.0. The maximum atomic E-state index is 13.5. The first-order valence-corrected chi connectivity index (χ1v) is 12.4. The van der Waals surface area contributed by atoms with Crippen molar-refractivity contribution in [2.75, 3.05) is 20.3 Å². The number of esters is 1. The molecule has 36 heavy (non-hydrogen) atoms. The van der Waals surface area contributed by atoms with Crippen molar-refractivity contribution in [2.45, 2.75) is 46.1 Å². The molecule has 3 aromatic carbocycles. The summed E-state index contributed by atoms with van der Waals surface area (Å²) in [5.41, 5.74) is 6.57. The number of ether oxygens (including phenoxy) is 2. The molecule has 0 aliphatic heterocycles. The molecular weight excluding hydrogens is 450 g/mol. The van der Waals surface area contributed by atoms with E-state index in [0.29, 0.717) is 18.7 Å². The number of rotatable bonds is 8. The van der Waals surface area contributed by atoms with E-state index in [9.17, 15) is 9.90 Å². The summed E-state index contributed by atoms with van der Waals surface area (Å²) in [6.45, 7) is 9.23. The molecule has 0 saturated carbocycles. The van der Waals surface area contributed by atoms with Crippen LogP contribution in [0.15, 0.2) is 66.7 Å². The Hall–Kier alpha value is -3.57. The van der Waals surface area contributed by atoms with E-state index in [0.717, 1.165) is 38.9 Å². The van der Waals surface area contributed by atoms with Gasteiger partial charge in [-0.15, -0.1) is 0 Å². The first-order valence-electron chi connectivity index (χ1n) is 12.4. The fraction of sp³-hybridized carbons (Fsp3) is 0.323. The van der Waals surface area contributed by atoms with E-state index >= 15 is 0 Å². The number of carbonyl (C=O) groups is 1. The van der Waals surface area contributed by atoms with E-state index in [4.69, 9.17) is 9.47 Å². The Morgan fingerprint density at radius 3 is 2.36 bits per heavy atom. The minimum absolute atomic E-state index is 0.0250. The average molecular weight is 486 g/mol. The lowest BCUT2D eigenvalue weighted by atomic mass is 9.86. The summed E-state index contributed by atoms with van der Waals surface area (Å²) in [6.07, 6.45) is 0.550. The molecule has 4 aromatic rings. The van der Waals surface area contributed by atoms with Crippen LogP contribution in [0.5, 0.6) is 5.75 Å². The quantitative estimate of drug-likeness (QED) is 0.295. The summed E-state index contributed by atoms with van der Waals surface area (Å²) in [7, 11) is 1.65. The Labute approximate surface area is 213 Å². The number of fused-ring (bicyclic) bond motifs is 1. The summed E-state index contributed by atoms with van der Waals surface area (Å²) in [5.74, 6) is 0.417. The molecule has 0 bridgehead atoms. The molecule has 0 atom stereocenters. The zero-order valence-corrected chi connectivity index (χ0v) is 21.8. The van der Waals surface area contributed by atoms with Crippen LogP contribution >= 0.6 is 0 Å². The summed E-state index contributed by atoms with van der Waals surface area (Å²) in [4.78, 5) is 13.5. The lowest BCUT2D eigenvalue weighted by molar-refractivity contribution is 0.0516. The van der Waals surface area contributed by atoms with Crippen molar-refractivity contribution in [3.8, 4) is 16.9 Å². The van der Waals surface area contributed by atoms with Gasteiger partial charge in [0.2, 0.25) is 0 Å². The highest BCUT2D eigenvalue weighted by molar-refractivity contribution is 6.09. The molecule has 5 heteroatoms. The molecule has 1 aromatic heterocycles. The predicted octanol–water partition coefficient (Wildman–Crippen LogP) is 6.37. The molecule has 0 amide bonds. The normalized spacial score (nSPS) is 11.6. The van der Waals surface area contributed by atoms with Crippen molar-refractivity contribution in [2.24, 2.45) is 0 Å². The Bertz CT molecular complexity index is 1360. The van der Waals surface area contributed by atoms with Crippen molar-refractivity contribution >= 4 is 16.9 Å². The zero-order valence-electron chi connectivity index (χ0n) is 21.8. The summed E-state index contributed by atoms with van der Waals surface area (Å²) >= 11 is 0. The minimum Gasteiger partial charge on any atom is -0.497 e. The van der Waals surface area contributed by atoms with Gasteiger partial charge < -0.3 is 19.1 Å². The van der Waals surface area contributed by atoms with E-state index in [2.05, 4.69) is 51.1 Å². The summed E-state index contributed by atoms with van der Waals surface area (Å²) in [5, 5.41) is 10.5. The van der Waals surface area contributed by atoms with Gasteiger partial charge in [-0.2, -0.15) is 0 Å². The van der Waals surface area contributed by atoms with Gasteiger partial charge in [0, 0.05) is 29.6 Å². The number of benzene rings is 3. The molecule has 0 spiro atoms. The molecule has 0 fully saturated rings. The minimum atomic E-state index is -0.352. The molecule has 188 valence electrons. The predicted molar refractivity (Wildman–Crippen MR) is 145 cm³/mol. The van der Waals surface area contributed by atoms with Crippen molar-refractivity contribution in [3.05, 3.63) is 89.1 Å². The zero-order chi connectivity index (χ0) is 25.9. The van der Waals surface area contributed by atoms with Gasteiger partial charge in [-0.3, -0.25) is 0 Å². The van der Waals surface area contributed by atoms with Crippen LogP contribution < -0.4 is 4.74 Å². The smallest absolute Gasteiger partial charge is 0.355 e. The molecule has 0 saturated heterocycles. The number of hydrogen-bond donors (Lipinski definition) is 1. The molecule has 1 heterocycles. The van der Waals surface area contributed by atoms with Crippen LogP contribution in [-0.2, 0) is 23.1 Å². The second-order valence-corrected chi connectivity index (χ2v) is 10.0. The largest absolute Gasteiger partial charge is 0.497 e. The van der Waals surface area contributed by atoms with E-state index < -0.39 is 0 Å². The van der Waals surface area contributed by atoms with Crippen LogP contribution in [0.2, 0.25) is 0 Å². The molecular formula is C31H35NO4. The third-order valence-corrected chi connectivity index (χ3v) is 6.51. The highest BCUT2D eigenvalue weighted by Crippen LogP contribution is 2.38. The molecule has 0 aliphatic carbocycles. The van der Waals surface area contributed by atoms with Crippen molar-refractivity contribution in [3.63, 3.8) is 0 Å². The second kappa shape index (κ2) is 10.6. The van der Waals surface area contributed by atoms with Gasteiger partial charge >= 0.3 is 5.97 Å². The second-order valence-electron chi connectivity index (χ2n) is 10.0.